The maximum absolute atomic E-state index is 10.6. The Bertz CT molecular complexity index is 441. The van der Waals surface area contributed by atoms with Gasteiger partial charge in [-0.2, -0.15) is 13.2 Å². The molecule has 20 heavy (non-hydrogen) atoms. The molecule has 0 aliphatic rings. The van der Waals surface area contributed by atoms with Crippen molar-refractivity contribution in [2.24, 2.45) is 0 Å². The van der Waals surface area contributed by atoms with Gasteiger partial charge in [-0.25, -0.2) is 9.78 Å². The number of aromatic nitrogens is 2. The fourth-order valence-corrected chi connectivity index (χ4v) is 0.938. The van der Waals surface area contributed by atoms with Crippen molar-refractivity contribution < 1.29 is 33.0 Å². The average Bonchev–Trinajstić information content (AvgIpc) is 2.80. The quantitative estimate of drug-likeness (QED) is 0.723. The number of carbonyl (C=O) groups is 2. The Labute approximate surface area is 112 Å². The van der Waals surface area contributed by atoms with Gasteiger partial charge < -0.3 is 15.2 Å². The predicted molar refractivity (Wildman–Crippen MR) is 62.8 cm³/mol. The summed E-state index contributed by atoms with van der Waals surface area (Å²) in [6.07, 6.45) is 3.79. The third kappa shape index (κ3) is 9.68. The first kappa shape index (κ1) is 17.7. The van der Waals surface area contributed by atoms with Crippen molar-refractivity contribution in [1.29, 1.82) is 0 Å². The molecule has 112 valence electrons. The summed E-state index contributed by atoms with van der Waals surface area (Å²) < 4.78 is 31.7. The average molecular weight is 294 g/mol. The van der Waals surface area contributed by atoms with Crippen molar-refractivity contribution in [3.05, 3.63) is 24.3 Å². The van der Waals surface area contributed by atoms with Gasteiger partial charge in [-0.3, -0.25) is 4.79 Å². The standard InChI is InChI=1S/C9H12N2O2.C2HF3O2/c12-9(13)5-3-1-2-4-8-6-10-7-11-8;3-2(4,5)1(6)7/h2,4,6-7H,1,3,5H2,(H,10,11)(H,12,13);(H,6,7). The topological polar surface area (TPSA) is 103 Å². The minimum absolute atomic E-state index is 0.227. The van der Waals surface area contributed by atoms with E-state index in [0.717, 1.165) is 12.1 Å². The molecule has 0 unspecified atom stereocenters. The maximum atomic E-state index is 10.6. The van der Waals surface area contributed by atoms with Gasteiger partial charge in [0.2, 0.25) is 0 Å². The van der Waals surface area contributed by atoms with Crippen LogP contribution in [0.5, 0.6) is 0 Å². The number of nitrogens with zero attached hydrogens (tertiary/aromatic N) is 1. The van der Waals surface area contributed by atoms with Crippen LogP contribution in [0.1, 0.15) is 25.0 Å². The van der Waals surface area contributed by atoms with E-state index in [1.54, 1.807) is 12.5 Å². The van der Waals surface area contributed by atoms with Crippen molar-refractivity contribution in [3.63, 3.8) is 0 Å². The second-order valence-electron chi connectivity index (χ2n) is 3.49. The van der Waals surface area contributed by atoms with Gasteiger partial charge in [0.15, 0.2) is 0 Å². The third-order valence-corrected chi connectivity index (χ3v) is 1.81. The van der Waals surface area contributed by atoms with Crippen LogP contribution in [0.15, 0.2) is 18.6 Å². The maximum Gasteiger partial charge on any atom is 0.490 e. The van der Waals surface area contributed by atoms with Crippen LogP contribution in [-0.2, 0) is 9.59 Å². The third-order valence-electron chi connectivity index (χ3n) is 1.81. The smallest absolute Gasteiger partial charge is 0.481 e. The van der Waals surface area contributed by atoms with Crippen LogP contribution in [0.2, 0.25) is 0 Å². The number of nitrogens with one attached hydrogen (secondary N) is 1. The van der Waals surface area contributed by atoms with E-state index in [4.69, 9.17) is 15.0 Å². The molecule has 0 saturated heterocycles. The molecule has 1 aromatic heterocycles. The summed E-state index contributed by atoms with van der Waals surface area (Å²) in [4.78, 5) is 25.9. The van der Waals surface area contributed by atoms with Crippen LogP contribution in [0.4, 0.5) is 13.2 Å². The fraction of sp³-hybridized carbons (Fsp3) is 0.364. The Balaban J connectivity index is 0.000000441. The number of carboxylic acid groups (broad SMARTS) is 2. The lowest BCUT2D eigenvalue weighted by molar-refractivity contribution is -0.192. The van der Waals surface area contributed by atoms with Crippen LogP contribution in [0.25, 0.3) is 6.08 Å². The molecule has 0 bridgehead atoms. The SMILES string of the molecule is O=C(O)C(F)(F)F.O=C(O)CCCC=Cc1c[nH]cn1. The van der Waals surface area contributed by atoms with Crippen LogP contribution in [-0.4, -0.2) is 38.3 Å². The van der Waals surface area contributed by atoms with E-state index in [1.165, 1.54) is 0 Å². The molecule has 0 saturated carbocycles. The molecule has 0 spiro atoms. The summed E-state index contributed by atoms with van der Waals surface area (Å²) in [6, 6.07) is 0. The van der Waals surface area contributed by atoms with E-state index in [-0.39, 0.29) is 6.42 Å². The van der Waals surface area contributed by atoms with Crippen molar-refractivity contribution in [3.8, 4) is 0 Å². The first-order chi connectivity index (χ1) is 9.23. The number of H-pyrrole nitrogens is 1. The van der Waals surface area contributed by atoms with Crippen LogP contribution >= 0.6 is 0 Å². The molecule has 3 N–H and O–H groups in total. The second-order valence-corrected chi connectivity index (χ2v) is 3.49. The zero-order chi connectivity index (χ0) is 15.6. The Kier molecular flexibility index (Phi) is 7.71. The summed E-state index contributed by atoms with van der Waals surface area (Å²) in [5.74, 6) is -3.50. The van der Waals surface area contributed by atoms with E-state index in [9.17, 15) is 18.0 Å². The highest BCUT2D eigenvalue weighted by molar-refractivity contribution is 5.73. The molecule has 0 radical (unpaired) electrons. The highest BCUT2D eigenvalue weighted by Gasteiger charge is 2.38. The number of carboxylic acids is 2. The Morgan fingerprint density at radius 1 is 1.35 bits per heavy atom. The number of hydrogen-bond acceptors (Lipinski definition) is 3. The molecule has 0 atom stereocenters. The molecule has 1 heterocycles. The Morgan fingerprint density at radius 3 is 2.35 bits per heavy atom. The number of allylic oxidation sites excluding steroid dienone is 1. The Morgan fingerprint density at radius 2 is 1.95 bits per heavy atom. The van der Waals surface area contributed by atoms with Gasteiger partial charge in [0.1, 0.15) is 0 Å². The molecule has 6 nitrogen and oxygen atoms in total. The lowest BCUT2D eigenvalue weighted by Crippen LogP contribution is -2.21. The molecule has 9 heteroatoms. The van der Waals surface area contributed by atoms with Gasteiger partial charge in [-0.05, 0) is 18.9 Å². The van der Waals surface area contributed by atoms with E-state index in [1.807, 2.05) is 12.2 Å². The number of imidazole rings is 1. The first-order valence-electron chi connectivity index (χ1n) is 5.40. The normalized spacial score (nSPS) is 10.9. The van der Waals surface area contributed by atoms with Gasteiger partial charge in [0, 0.05) is 12.6 Å². The number of aliphatic carboxylic acids is 2. The molecule has 0 aliphatic heterocycles. The molecule has 0 amide bonds. The van der Waals surface area contributed by atoms with E-state index in [2.05, 4.69) is 9.97 Å². The predicted octanol–water partition coefficient (Wildman–Crippen LogP) is 2.31. The van der Waals surface area contributed by atoms with Gasteiger partial charge in [-0.15, -0.1) is 0 Å². The van der Waals surface area contributed by atoms with Gasteiger partial charge in [0.05, 0.1) is 12.0 Å². The highest BCUT2D eigenvalue weighted by Crippen LogP contribution is 2.13. The molecule has 1 rings (SSSR count). The largest absolute Gasteiger partial charge is 0.490 e. The van der Waals surface area contributed by atoms with Gasteiger partial charge in [0.25, 0.3) is 0 Å². The number of rotatable bonds is 5. The number of hydrogen-bond donors (Lipinski definition) is 3. The Hall–Kier alpha value is -2.32. The molecule has 0 aromatic carbocycles. The summed E-state index contributed by atoms with van der Waals surface area (Å²) >= 11 is 0. The fourth-order valence-electron chi connectivity index (χ4n) is 0.938. The van der Waals surface area contributed by atoms with Crippen LogP contribution < -0.4 is 0 Å². The number of aromatic amines is 1. The lowest BCUT2D eigenvalue weighted by atomic mass is 10.2. The van der Waals surface area contributed by atoms with Crippen molar-refractivity contribution in [2.45, 2.75) is 25.4 Å². The minimum Gasteiger partial charge on any atom is -0.481 e. The first-order valence-corrected chi connectivity index (χ1v) is 5.40. The highest BCUT2D eigenvalue weighted by atomic mass is 19.4. The second kappa shape index (κ2) is 8.73. The van der Waals surface area contributed by atoms with E-state index >= 15 is 0 Å². The van der Waals surface area contributed by atoms with E-state index < -0.39 is 18.1 Å². The lowest BCUT2D eigenvalue weighted by Gasteiger charge is -1.93. The summed E-state index contributed by atoms with van der Waals surface area (Å²) in [6.45, 7) is 0. The van der Waals surface area contributed by atoms with E-state index in [0.29, 0.717) is 6.42 Å². The molecule has 1 aromatic rings. The number of unbranched alkanes of at least 4 members (excludes halogenated alkanes) is 1. The molecular weight excluding hydrogens is 281 g/mol. The summed E-state index contributed by atoms with van der Waals surface area (Å²) in [5, 5.41) is 15.5. The van der Waals surface area contributed by atoms with Crippen molar-refractivity contribution >= 4 is 18.0 Å². The number of alkyl halides is 3. The molecule has 0 aliphatic carbocycles. The van der Waals surface area contributed by atoms with Gasteiger partial charge in [-0.1, -0.05) is 6.08 Å². The number of halogens is 3. The minimum atomic E-state index is -5.08. The zero-order valence-corrected chi connectivity index (χ0v) is 10.2. The molecule has 0 fully saturated rings. The summed E-state index contributed by atoms with van der Waals surface area (Å²) in [5.41, 5.74) is 0.871. The zero-order valence-electron chi connectivity index (χ0n) is 10.2. The molecular formula is C11H13F3N2O4. The van der Waals surface area contributed by atoms with Gasteiger partial charge >= 0.3 is 18.1 Å². The van der Waals surface area contributed by atoms with Crippen LogP contribution in [0.3, 0.4) is 0 Å². The monoisotopic (exact) mass is 294 g/mol. The summed E-state index contributed by atoms with van der Waals surface area (Å²) in [7, 11) is 0. The van der Waals surface area contributed by atoms with Crippen molar-refractivity contribution in [2.75, 3.05) is 0 Å². The van der Waals surface area contributed by atoms with Crippen molar-refractivity contribution in [1.82, 2.24) is 9.97 Å². The van der Waals surface area contributed by atoms with Crippen LogP contribution in [0, 0.1) is 0 Å².